The van der Waals surface area contributed by atoms with E-state index in [1.165, 1.54) is 11.6 Å². The summed E-state index contributed by atoms with van der Waals surface area (Å²) in [5.41, 5.74) is 3.00. The average Bonchev–Trinajstić information content (AvgIpc) is 2.54. The van der Waals surface area contributed by atoms with Gasteiger partial charge >= 0.3 is 5.97 Å². The highest BCUT2D eigenvalue weighted by atomic mass is 16.5. The number of carbonyl (C=O) groups is 2. The number of benzene rings is 2. The maximum atomic E-state index is 12.1. The highest BCUT2D eigenvalue weighted by Crippen LogP contribution is 2.15. The van der Waals surface area contributed by atoms with Gasteiger partial charge in [0.25, 0.3) is 0 Å². The van der Waals surface area contributed by atoms with Crippen LogP contribution < -0.4 is 4.74 Å². The van der Waals surface area contributed by atoms with Crippen molar-refractivity contribution < 1.29 is 14.3 Å². The number of carbonyl (C=O) groups excluding carboxylic acids is 2. The lowest BCUT2D eigenvalue weighted by Crippen LogP contribution is -2.08. The van der Waals surface area contributed by atoms with Gasteiger partial charge in [-0.1, -0.05) is 42.5 Å². The van der Waals surface area contributed by atoms with E-state index in [0.717, 1.165) is 5.56 Å². The monoisotopic (exact) mass is 306 g/mol. The molecule has 3 nitrogen and oxygen atoms in total. The Morgan fingerprint density at radius 3 is 2.17 bits per heavy atom. The molecule has 0 heterocycles. The van der Waals surface area contributed by atoms with Gasteiger partial charge in [0.2, 0.25) is 0 Å². The minimum atomic E-state index is -0.483. The lowest BCUT2D eigenvalue weighted by molar-refractivity contribution is -0.130. The van der Waals surface area contributed by atoms with Crippen molar-refractivity contribution in [1.29, 1.82) is 0 Å². The Morgan fingerprint density at radius 2 is 1.61 bits per heavy atom. The largest absolute Gasteiger partial charge is 0.423 e. The Labute approximate surface area is 135 Å². The van der Waals surface area contributed by atoms with Crippen molar-refractivity contribution in [3.05, 3.63) is 83.4 Å². The summed E-state index contributed by atoms with van der Waals surface area (Å²) in [6.45, 7) is 7.11. The van der Waals surface area contributed by atoms with E-state index in [2.05, 4.69) is 6.58 Å². The third-order valence-electron chi connectivity index (χ3n) is 3.20. The first-order valence-corrected chi connectivity index (χ1v) is 7.22. The molecule has 3 heteroatoms. The number of esters is 1. The molecule has 0 aromatic heterocycles. The third kappa shape index (κ3) is 4.78. The molecule has 0 bridgehead atoms. The Bertz CT molecular complexity index is 750. The minimum absolute atomic E-state index is 0.108. The number of rotatable bonds is 5. The van der Waals surface area contributed by atoms with Crippen LogP contribution in [0.1, 0.15) is 28.4 Å². The van der Waals surface area contributed by atoms with Crippen LogP contribution in [0, 0.1) is 6.92 Å². The van der Waals surface area contributed by atoms with Gasteiger partial charge in [-0.05, 0) is 49.8 Å². The predicted molar refractivity (Wildman–Crippen MR) is 91.4 cm³/mol. The lowest BCUT2D eigenvalue weighted by atomic mass is 10.1. The Morgan fingerprint density at radius 1 is 1.00 bits per heavy atom. The van der Waals surface area contributed by atoms with Gasteiger partial charge < -0.3 is 4.74 Å². The molecular weight excluding hydrogens is 288 g/mol. The summed E-state index contributed by atoms with van der Waals surface area (Å²) >= 11 is 0. The molecule has 2 aromatic rings. The molecule has 116 valence electrons. The molecule has 0 spiro atoms. The fraction of sp³-hybridized carbons (Fsp3) is 0.100. The zero-order valence-electron chi connectivity index (χ0n) is 13.2. The quantitative estimate of drug-likeness (QED) is 0.356. The summed E-state index contributed by atoms with van der Waals surface area (Å²) in [6, 6.07) is 14.3. The number of ketones is 1. The molecular formula is C20H18O3. The van der Waals surface area contributed by atoms with Crippen LogP contribution in [0.4, 0.5) is 0 Å². The first-order valence-electron chi connectivity index (χ1n) is 7.22. The molecule has 0 radical (unpaired) electrons. The van der Waals surface area contributed by atoms with Crippen molar-refractivity contribution in [3.8, 4) is 5.75 Å². The molecule has 0 aliphatic rings. The van der Waals surface area contributed by atoms with E-state index in [1.807, 2.05) is 31.2 Å². The third-order valence-corrected chi connectivity index (χ3v) is 3.20. The summed E-state index contributed by atoms with van der Waals surface area (Å²) in [5, 5.41) is 0. The number of ether oxygens (including phenoxy) is 1. The Kier molecular flexibility index (Phi) is 5.26. The SMILES string of the molecule is C=C(C)C(=O)Oc1ccc(C(=O)/C=C/c2ccc(C)cc2)cc1. The number of hydrogen-bond acceptors (Lipinski definition) is 3. The van der Waals surface area contributed by atoms with E-state index < -0.39 is 5.97 Å². The smallest absolute Gasteiger partial charge is 0.338 e. The second-order valence-corrected chi connectivity index (χ2v) is 5.30. The van der Waals surface area contributed by atoms with Gasteiger partial charge in [0.1, 0.15) is 5.75 Å². The molecule has 0 amide bonds. The second-order valence-electron chi connectivity index (χ2n) is 5.30. The molecule has 0 N–H and O–H groups in total. The molecule has 0 unspecified atom stereocenters. The highest BCUT2D eigenvalue weighted by Gasteiger charge is 2.06. The van der Waals surface area contributed by atoms with Gasteiger partial charge in [-0.3, -0.25) is 4.79 Å². The average molecular weight is 306 g/mol. The molecule has 0 aliphatic carbocycles. The van der Waals surface area contributed by atoms with Crippen LogP contribution in [-0.4, -0.2) is 11.8 Å². The summed E-state index contributed by atoms with van der Waals surface area (Å²) in [4.78, 5) is 23.5. The van der Waals surface area contributed by atoms with E-state index in [-0.39, 0.29) is 5.78 Å². The fourth-order valence-corrected chi connectivity index (χ4v) is 1.83. The van der Waals surface area contributed by atoms with Crippen LogP contribution in [0.25, 0.3) is 6.08 Å². The van der Waals surface area contributed by atoms with Gasteiger partial charge in [0.05, 0.1) is 0 Å². The summed E-state index contributed by atoms with van der Waals surface area (Å²) in [7, 11) is 0. The van der Waals surface area contributed by atoms with Crippen molar-refractivity contribution in [1.82, 2.24) is 0 Å². The lowest BCUT2D eigenvalue weighted by Gasteiger charge is -2.04. The van der Waals surface area contributed by atoms with Gasteiger partial charge in [-0.25, -0.2) is 4.79 Å². The van der Waals surface area contributed by atoms with E-state index in [4.69, 9.17) is 4.74 Å². The summed E-state index contributed by atoms with van der Waals surface area (Å²) in [5.74, 6) is -0.205. The van der Waals surface area contributed by atoms with Crippen LogP contribution in [0.15, 0.2) is 66.8 Å². The zero-order chi connectivity index (χ0) is 16.8. The van der Waals surface area contributed by atoms with Crippen LogP contribution in [0.5, 0.6) is 5.75 Å². The van der Waals surface area contributed by atoms with Gasteiger partial charge in [0.15, 0.2) is 5.78 Å². The van der Waals surface area contributed by atoms with Crippen LogP contribution in [-0.2, 0) is 4.79 Å². The molecule has 0 aliphatic heterocycles. The standard InChI is InChI=1S/C20H18O3/c1-14(2)20(22)23-18-11-9-17(10-12-18)19(21)13-8-16-6-4-15(3)5-7-16/h4-13H,1H2,2-3H3/b13-8+. The highest BCUT2D eigenvalue weighted by molar-refractivity contribution is 6.06. The normalized spacial score (nSPS) is 10.5. The molecule has 0 atom stereocenters. The summed E-state index contributed by atoms with van der Waals surface area (Å²) in [6.07, 6.45) is 3.30. The van der Waals surface area contributed by atoms with E-state index >= 15 is 0 Å². The Balaban J connectivity index is 2.04. The predicted octanol–water partition coefficient (Wildman–Crippen LogP) is 4.37. The van der Waals surface area contributed by atoms with E-state index in [9.17, 15) is 9.59 Å². The fourth-order valence-electron chi connectivity index (χ4n) is 1.83. The van der Waals surface area contributed by atoms with Gasteiger partial charge in [-0.15, -0.1) is 0 Å². The van der Waals surface area contributed by atoms with Crippen molar-refractivity contribution in [2.24, 2.45) is 0 Å². The minimum Gasteiger partial charge on any atom is -0.423 e. The molecule has 0 fully saturated rings. The van der Waals surface area contributed by atoms with Gasteiger partial charge in [-0.2, -0.15) is 0 Å². The van der Waals surface area contributed by atoms with Crippen molar-refractivity contribution >= 4 is 17.8 Å². The molecule has 2 rings (SSSR count). The molecule has 0 saturated carbocycles. The van der Waals surface area contributed by atoms with Crippen molar-refractivity contribution in [3.63, 3.8) is 0 Å². The van der Waals surface area contributed by atoms with E-state index in [0.29, 0.717) is 16.9 Å². The van der Waals surface area contributed by atoms with Crippen molar-refractivity contribution in [2.45, 2.75) is 13.8 Å². The zero-order valence-corrected chi connectivity index (χ0v) is 13.2. The number of allylic oxidation sites excluding steroid dienone is 1. The van der Waals surface area contributed by atoms with Crippen LogP contribution in [0.2, 0.25) is 0 Å². The maximum absolute atomic E-state index is 12.1. The van der Waals surface area contributed by atoms with Gasteiger partial charge in [0, 0.05) is 11.1 Å². The van der Waals surface area contributed by atoms with Crippen LogP contribution >= 0.6 is 0 Å². The number of aryl methyl sites for hydroxylation is 1. The first kappa shape index (κ1) is 16.4. The van der Waals surface area contributed by atoms with Crippen molar-refractivity contribution in [2.75, 3.05) is 0 Å². The maximum Gasteiger partial charge on any atom is 0.338 e. The molecule has 23 heavy (non-hydrogen) atoms. The molecule has 2 aromatic carbocycles. The molecule has 0 saturated heterocycles. The van der Waals surface area contributed by atoms with Crippen LogP contribution in [0.3, 0.4) is 0 Å². The topological polar surface area (TPSA) is 43.4 Å². The van der Waals surface area contributed by atoms with E-state index in [1.54, 1.807) is 37.3 Å². The second kappa shape index (κ2) is 7.36. The number of hydrogen-bond donors (Lipinski definition) is 0. The first-order chi connectivity index (χ1) is 11.0. The Hall–Kier alpha value is -2.94. The summed E-state index contributed by atoms with van der Waals surface area (Å²) < 4.78 is 5.08.